The van der Waals surface area contributed by atoms with Crippen molar-refractivity contribution in [3.05, 3.63) is 22.4 Å². The molecule has 1 aliphatic rings. The highest BCUT2D eigenvalue weighted by atomic mass is 79.9. The van der Waals surface area contributed by atoms with Gasteiger partial charge in [0.05, 0.1) is 30.1 Å². The Morgan fingerprint density at radius 3 is 2.59 bits per heavy atom. The van der Waals surface area contributed by atoms with Gasteiger partial charge in [0.25, 0.3) is 0 Å². The van der Waals surface area contributed by atoms with Crippen LogP contribution in [0.5, 0.6) is 0 Å². The minimum absolute atomic E-state index is 0.447. The summed E-state index contributed by atoms with van der Waals surface area (Å²) in [4.78, 5) is 6.81. The minimum atomic E-state index is -0.447. The fourth-order valence-corrected chi connectivity index (χ4v) is 2.27. The molecule has 1 aromatic rings. The lowest BCUT2D eigenvalue weighted by Crippen LogP contribution is -2.40. The molecule has 17 heavy (non-hydrogen) atoms. The molecule has 4 nitrogen and oxygen atoms in total. The monoisotopic (exact) mass is 299 g/mol. The molecule has 0 spiro atoms. The molecule has 0 aromatic carbocycles. The van der Waals surface area contributed by atoms with E-state index in [0.29, 0.717) is 0 Å². The smallest absolute Gasteiger partial charge is 0.106 e. The summed E-state index contributed by atoms with van der Waals surface area (Å²) in [5.41, 5.74) is 7.78. The first-order valence-corrected chi connectivity index (χ1v) is 6.56. The highest BCUT2D eigenvalue weighted by molar-refractivity contribution is 9.10. The summed E-state index contributed by atoms with van der Waals surface area (Å²) in [6.45, 7) is 7.28. The molecule has 2 N–H and O–H groups in total. The number of hydrogen-bond acceptors (Lipinski definition) is 4. The van der Waals surface area contributed by atoms with Crippen LogP contribution in [0.2, 0.25) is 0 Å². The van der Waals surface area contributed by atoms with E-state index >= 15 is 0 Å². The van der Waals surface area contributed by atoms with E-state index in [4.69, 9.17) is 10.5 Å². The van der Waals surface area contributed by atoms with Crippen LogP contribution >= 0.6 is 15.9 Å². The largest absolute Gasteiger partial charge is 0.378 e. The van der Waals surface area contributed by atoms with Crippen LogP contribution < -0.4 is 10.6 Å². The van der Waals surface area contributed by atoms with Crippen molar-refractivity contribution in [3.8, 4) is 0 Å². The number of pyridine rings is 1. The zero-order valence-corrected chi connectivity index (χ0v) is 11.8. The zero-order chi connectivity index (χ0) is 12.5. The van der Waals surface area contributed by atoms with Crippen LogP contribution in [0, 0.1) is 0 Å². The molecule has 0 amide bonds. The van der Waals surface area contributed by atoms with Gasteiger partial charge in [-0.15, -0.1) is 0 Å². The maximum atomic E-state index is 6.19. The number of hydrogen-bond donors (Lipinski definition) is 1. The molecule has 1 aromatic heterocycles. The van der Waals surface area contributed by atoms with E-state index in [1.807, 2.05) is 19.9 Å². The number of aromatic nitrogens is 1. The molecular weight excluding hydrogens is 282 g/mol. The third-order valence-corrected chi connectivity index (χ3v) is 3.24. The molecule has 0 saturated carbocycles. The molecule has 0 unspecified atom stereocenters. The second-order valence-corrected chi connectivity index (χ2v) is 5.64. The van der Waals surface area contributed by atoms with Gasteiger partial charge in [0, 0.05) is 13.1 Å². The van der Waals surface area contributed by atoms with Crippen LogP contribution in [0.1, 0.15) is 19.5 Å². The second kappa shape index (κ2) is 4.92. The first-order chi connectivity index (χ1) is 7.98. The van der Waals surface area contributed by atoms with Crippen LogP contribution in [-0.4, -0.2) is 31.3 Å². The Hall–Kier alpha value is -0.650. The molecule has 0 bridgehead atoms. The Labute approximate surface area is 110 Å². The van der Waals surface area contributed by atoms with Gasteiger partial charge in [-0.25, -0.2) is 4.98 Å². The van der Waals surface area contributed by atoms with Gasteiger partial charge < -0.3 is 15.4 Å². The van der Waals surface area contributed by atoms with E-state index in [2.05, 4.69) is 31.9 Å². The normalized spacial score (nSPS) is 17.3. The number of nitrogens with zero attached hydrogens (tertiary/aromatic N) is 2. The molecule has 0 atom stereocenters. The molecule has 2 rings (SSSR count). The zero-order valence-electron chi connectivity index (χ0n) is 10.2. The standard InChI is InChI=1S/C12H18BrN3O/c1-12(2,14)11-9(3-4-10(13)15-11)16-5-7-17-8-6-16/h3-4H,5-8,14H2,1-2H3. The Morgan fingerprint density at radius 2 is 2.00 bits per heavy atom. The van der Waals surface area contributed by atoms with Crippen molar-refractivity contribution in [2.75, 3.05) is 31.2 Å². The third kappa shape index (κ3) is 2.97. The van der Waals surface area contributed by atoms with Crippen molar-refractivity contribution < 1.29 is 4.74 Å². The van der Waals surface area contributed by atoms with Crippen LogP contribution in [0.3, 0.4) is 0 Å². The molecule has 0 aliphatic carbocycles. The van der Waals surface area contributed by atoms with Gasteiger partial charge in [-0.3, -0.25) is 0 Å². The molecule has 5 heteroatoms. The van der Waals surface area contributed by atoms with Crippen molar-refractivity contribution in [1.29, 1.82) is 0 Å². The summed E-state index contributed by atoms with van der Waals surface area (Å²) >= 11 is 3.40. The molecular formula is C12H18BrN3O. The molecule has 1 saturated heterocycles. The van der Waals surface area contributed by atoms with Gasteiger partial charge >= 0.3 is 0 Å². The highest BCUT2D eigenvalue weighted by Crippen LogP contribution is 2.29. The molecule has 1 aliphatic heterocycles. The minimum Gasteiger partial charge on any atom is -0.378 e. The maximum absolute atomic E-state index is 6.19. The molecule has 1 fully saturated rings. The SMILES string of the molecule is CC(C)(N)c1nc(Br)ccc1N1CCOCC1. The fourth-order valence-electron chi connectivity index (χ4n) is 1.96. The van der Waals surface area contributed by atoms with E-state index in [9.17, 15) is 0 Å². The van der Waals surface area contributed by atoms with Crippen LogP contribution in [0.15, 0.2) is 16.7 Å². The van der Waals surface area contributed by atoms with Gasteiger partial charge in [-0.1, -0.05) is 0 Å². The van der Waals surface area contributed by atoms with E-state index in [1.165, 1.54) is 0 Å². The third-order valence-electron chi connectivity index (χ3n) is 2.80. The van der Waals surface area contributed by atoms with Gasteiger partial charge in [-0.2, -0.15) is 0 Å². The first kappa shape index (κ1) is 12.8. The topological polar surface area (TPSA) is 51.4 Å². The van der Waals surface area contributed by atoms with Crippen LogP contribution in [0.4, 0.5) is 5.69 Å². The number of halogens is 1. The van der Waals surface area contributed by atoms with Crippen molar-refractivity contribution in [1.82, 2.24) is 4.98 Å². The summed E-state index contributed by atoms with van der Waals surface area (Å²) in [7, 11) is 0. The Bertz CT molecular complexity index is 397. The van der Waals surface area contributed by atoms with Gasteiger partial charge in [0.2, 0.25) is 0 Å². The lowest BCUT2D eigenvalue weighted by Gasteiger charge is -2.33. The highest BCUT2D eigenvalue weighted by Gasteiger charge is 2.24. The van der Waals surface area contributed by atoms with Crippen LogP contribution in [0.25, 0.3) is 0 Å². The van der Waals surface area contributed by atoms with Crippen molar-refractivity contribution in [3.63, 3.8) is 0 Å². The van der Waals surface area contributed by atoms with E-state index < -0.39 is 5.54 Å². The number of ether oxygens (including phenoxy) is 1. The van der Waals surface area contributed by atoms with E-state index in [0.717, 1.165) is 42.3 Å². The van der Waals surface area contributed by atoms with Gasteiger partial charge in [0.15, 0.2) is 0 Å². The molecule has 0 radical (unpaired) electrons. The average molecular weight is 300 g/mol. The van der Waals surface area contributed by atoms with Gasteiger partial charge in [-0.05, 0) is 41.9 Å². The number of rotatable bonds is 2. The Kier molecular flexibility index (Phi) is 3.70. The van der Waals surface area contributed by atoms with Crippen molar-refractivity contribution >= 4 is 21.6 Å². The van der Waals surface area contributed by atoms with E-state index in [-0.39, 0.29) is 0 Å². The summed E-state index contributed by atoms with van der Waals surface area (Å²) in [6, 6.07) is 4.03. The number of nitrogens with two attached hydrogens (primary N) is 1. The second-order valence-electron chi connectivity index (χ2n) is 4.82. The average Bonchev–Trinajstić information content (AvgIpc) is 2.29. The number of morpholine rings is 1. The van der Waals surface area contributed by atoms with E-state index in [1.54, 1.807) is 0 Å². The number of anilines is 1. The lowest BCUT2D eigenvalue weighted by atomic mass is 9.99. The summed E-state index contributed by atoms with van der Waals surface area (Å²) in [5.74, 6) is 0. The lowest BCUT2D eigenvalue weighted by molar-refractivity contribution is 0.122. The summed E-state index contributed by atoms with van der Waals surface area (Å²) < 4.78 is 6.19. The maximum Gasteiger partial charge on any atom is 0.106 e. The van der Waals surface area contributed by atoms with Gasteiger partial charge in [0.1, 0.15) is 4.60 Å². The fraction of sp³-hybridized carbons (Fsp3) is 0.583. The predicted molar refractivity (Wildman–Crippen MR) is 72.2 cm³/mol. The Morgan fingerprint density at radius 1 is 1.35 bits per heavy atom. The first-order valence-electron chi connectivity index (χ1n) is 5.77. The van der Waals surface area contributed by atoms with Crippen molar-refractivity contribution in [2.24, 2.45) is 5.73 Å². The summed E-state index contributed by atoms with van der Waals surface area (Å²) in [5, 5.41) is 0. The van der Waals surface area contributed by atoms with Crippen molar-refractivity contribution in [2.45, 2.75) is 19.4 Å². The summed E-state index contributed by atoms with van der Waals surface area (Å²) in [6.07, 6.45) is 0. The Balaban J connectivity index is 2.38. The van der Waals surface area contributed by atoms with Crippen LogP contribution in [-0.2, 0) is 10.3 Å². The quantitative estimate of drug-likeness (QED) is 0.847. The predicted octanol–water partition coefficient (Wildman–Crippen LogP) is 1.87. The molecule has 2 heterocycles. The molecule has 94 valence electrons.